The molecule has 0 aliphatic carbocycles. The van der Waals surface area contributed by atoms with Gasteiger partial charge in [0.25, 0.3) is 5.91 Å². The Bertz CT molecular complexity index is 1310. The first-order valence-electron chi connectivity index (χ1n) is 11.1. The molecular weight excluding hydrogens is 448 g/mol. The number of rotatable bonds is 8. The summed E-state index contributed by atoms with van der Waals surface area (Å²) in [5.74, 6) is 1.22. The average Bonchev–Trinajstić information content (AvgIpc) is 2.86. The van der Waals surface area contributed by atoms with Gasteiger partial charge in [-0.3, -0.25) is 4.79 Å². The molecule has 0 unspecified atom stereocenters. The number of methoxy groups -OCH3 is 2. The molecule has 0 fully saturated rings. The molecule has 0 aliphatic heterocycles. The molecule has 1 aromatic heterocycles. The Hall–Kier alpha value is -3.57. The van der Waals surface area contributed by atoms with Gasteiger partial charge in [0.15, 0.2) is 0 Å². The van der Waals surface area contributed by atoms with E-state index in [1.165, 1.54) is 0 Å². The largest absolute Gasteiger partial charge is 0.497 e. The van der Waals surface area contributed by atoms with Gasteiger partial charge in [-0.05, 0) is 61.4 Å². The summed E-state index contributed by atoms with van der Waals surface area (Å²) in [7, 11) is 3.21. The number of carbonyl (C=O) groups is 1. The highest BCUT2D eigenvalue weighted by molar-refractivity contribution is 6.30. The van der Waals surface area contributed by atoms with Crippen LogP contribution >= 0.6 is 11.6 Å². The number of fused-ring (bicyclic) bond motifs is 1. The van der Waals surface area contributed by atoms with Crippen molar-refractivity contribution in [2.45, 2.75) is 19.9 Å². The number of aryl methyl sites for hydroxylation is 1. The zero-order chi connectivity index (χ0) is 24.1. The lowest BCUT2D eigenvalue weighted by Crippen LogP contribution is -2.33. The maximum Gasteiger partial charge on any atom is 0.257 e. The molecule has 1 heterocycles. The number of pyridine rings is 1. The first-order chi connectivity index (χ1) is 16.5. The number of ether oxygens (including phenoxy) is 2. The monoisotopic (exact) mass is 474 g/mol. The van der Waals surface area contributed by atoms with Gasteiger partial charge in [0.2, 0.25) is 0 Å². The van der Waals surface area contributed by atoms with Crippen LogP contribution < -0.4 is 9.47 Å². The molecular formula is C28H27ClN2O3. The Morgan fingerprint density at radius 2 is 1.74 bits per heavy atom. The predicted molar refractivity (Wildman–Crippen MR) is 136 cm³/mol. The number of carbonyl (C=O) groups excluding carboxylic acids is 1. The lowest BCUT2D eigenvalue weighted by Gasteiger charge is -2.24. The Balaban J connectivity index is 1.65. The third-order valence-corrected chi connectivity index (χ3v) is 6.14. The van der Waals surface area contributed by atoms with E-state index in [0.29, 0.717) is 36.0 Å². The molecule has 0 saturated heterocycles. The van der Waals surface area contributed by atoms with E-state index in [0.717, 1.165) is 33.3 Å². The van der Waals surface area contributed by atoms with E-state index in [-0.39, 0.29) is 5.91 Å². The molecule has 1 amide bonds. The zero-order valence-electron chi connectivity index (χ0n) is 19.5. The normalized spacial score (nSPS) is 10.8. The van der Waals surface area contributed by atoms with Crippen LogP contribution in [0.25, 0.3) is 10.9 Å². The summed E-state index contributed by atoms with van der Waals surface area (Å²) in [6.07, 6.45) is 0.683. The summed E-state index contributed by atoms with van der Waals surface area (Å²) >= 11 is 6.56. The van der Waals surface area contributed by atoms with Crippen LogP contribution in [0.1, 0.15) is 27.0 Å². The van der Waals surface area contributed by atoms with E-state index in [2.05, 4.69) is 11.1 Å². The summed E-state index contributed by atoms with van der Waals surface area (Å²) in [5.41, 5.74) is 4.40. The molecule has 0 aliphatic rings. The molecule has 6 heteroatoms. The average molecular weight is 475 g/mol. The Morgan fingerprint density at radius 1 is 0.971 bits per heavy atom. The van der Waals surface area contributed by atoms with E-state index in [9.17, 15) is 4.79 Å². The minimum absolute atomic E-state index is 0.119. The number of aromatic nitrogens is 1. The van der Waals surface area contributed by atoms with Gasteiger partial charge in [0.05, 0.1) is 25.3 Å². The fraction of sp³-hybridized carbons (Fsp3) is 0.214. The van der Waals surface area contributed by atoms with Crippen molar-refractivity contribution in [1.29, 1.82) is 0 Å². The summed E-state index contributed by atoms with van der Waals surface area (Å²) in [6.45, 7) is 2.88. The summed E-state index contributed by atoms with van der Waals surface area (Å²) < 4.78 is 10.7. The molecule has 0 bridgehead atoms. The molecule has 3 aromatic carbocycles. The van der Waals surface area contributed by atoms with Crippen molar-refractivity contribution in [3.8, 4) is 11.5 Å². The quantitative estimate of drug-likeness (QED) is 0.289. The van der Waals surface area contributed by atoms with Crippen molar-refractivity contribution in [2.75, 3.05) is 20.8 Å². The second kappa shape index (κ2) is 10.6. The first-order valence-corrected chi connectivity index (χ1v) is 11.5. The van der Waals surface area contributed by atoms with Gasteiger partial charge in [-0.15, -0.1) is 0 Å². The van der Waals surface area contributed by atoms with Gasteiger partial charge in [-0.2, -0.15) is 0 Å². The van der Waals surface area contributed by atoms with E-state index in [1.807, 2.05) is 61.5 Å². The molecule has 4 aromatic rings. The molecule has 0 radical (unpaired) electrons. The maximum absolute atomic E-state index is 13.6. The summed E-state index contributed by atoms with van der Waals surface area (Å²) in [5, 5.41) is 1.40. The Labute approximate surface area is 204 Å². The van der Waals surface area contributed by atoms with Crippen LogP contribution in [0.4, 0.5) is 0 Å². The van der Waals surface area contributed by atoms with Crippen LogP contribution in [0.5, 0.6) is 11.5 Å². The van der Waals surface area contributed by atoms with Gasteiger partial charge < -0.3 is 14.4 Å². The second-order valence-corrected chi connectivity index (χ2v) is 8.52. The number of halogens is 1. The van der Waals surface area contributed by atoms with Crippen LogP contribution in [0, 0.1) is 6.92 Å². The molecule has 0 spiro atoms. The van der Waals surface area contributed by atoms with Gasteiger partial charge in [0.1, 0.15) is 16.7 Å². The van der Waals surface area contributed by atoms with Crippen molar-refractivity contribution >= 4 is 28.4 Å². The van der Waals surface area contributed by atoms with Crippen LogP contribution in [0.15, 0.2) is 72.8 Å². The van der Waals surface area contributed by atoms with Crippen LogP contribution in [-0.4, -0.2) is 36.6 Å². The predicted octanol–water partition coefficient (Wildman–Crippen LogP) is 6.10. The highest BCUT2D eigenvalue weighted by Crippen LogP contribution is 2.26. The topological polar surface area (TPSA) is 51.7 Å². The van der Waals surface area contributed by atoms with Crippen LogP contribution in [0.2, 0.25) is 5.15 Å². The maximum atomic E-state index is 13.6. The molecule has 0 saturated carbocycles. The van der Waals surface area contributed by atoms with E-state index >= 15 is 0 Å². The van der Waals surface area contributed by atoms with Gasteiger partial charge >= 0.3 is 0 Å². The summed E-state index contributed by atoms with van der Waals surface area (Å²) in [4.78, 5) is 20.0. The van der Waals surface area contributed by atoms with E-state index < -0.39 is 0 Å². The van der Waals surface area contributed by atoms with Gasteiger partial charge in [-0.25, -0.2) is 4.98 Å². The van der Waals surface area contributed by atoms with E-state index in [1.54, 1.807) is 31.3 Å². The van der Waals surface area contributed by atoms with Crippen molar-refractivity contribution in [3.05, 3.63) is 100 Å². The summed E-state index contributed by atoms with van der Waals surface area (Å²) in [6, 6.07) is 23.2. The number of amides is 1. The lowest BCUT2D eigenvalue weighted by atomic mass is 10.1. The van der Waals surface area contributed by atoms with Gasteiger partial charge in [-0.1, -0.05) is 47.5 Å². The van der Waals surface area contributed by atoms with Crippen molar-refractivity contribution in [1.82, 2.24) is 9.88 Å². The number of hydrogen-bond donors (Lipinski definition) is 0. The minimum Gasteiger partial charge on any atom is -0.497 e. The van der Waals surface area contributed by atoms with Crippen LogP contribution in [-0.2, 0) is 13.0 Å². The highest BCUT2D eigenvalue weighted by atomic mass is 35.5. The number of nitrogens with zero attached hydrogens (tertiary/aromatic N) is 2. The molecule has 5 nitrogen and oxygen atoms in total. The zero-order valence-corrected chi connectivity index (χ0v) is 20.3. The third kappa shape index (κ3) is 5.32. The second-order valence-electron chi connectivity index (χ2n) is 8.16. The van der Waals surface area contributed by atoms with Gasteiger partial charge in [0, 0.05) is 24.0 Å². The SMILES string of the molecule is COc1ccc(CCN(Cc2cc3cc(C)ccc3nc2Cl)C(=O)c2ccccc2OC)cc1. The minimum atomic E-state index is -0.119. The smallest absolute Gasteiger partial charge is 0.257 e. The van der Waals surface area contributed by atoms with E-state index in [4.69, 9.17) is 21.1 Å². The molecule has 34 heavy (non-hydrogen) atoms. The molecule has 4 rings (SSSR count). The highest BCUT2D eigenvalue weighted by Gasteiger charge is 2.21. The Morgan fingerprint density at radius 3 is 2.47 bits per heavy atom. The fourth-order valence-corrected chi connectivity index (χ4v) is 4.14. The molecule has 0 atom stereocenters. The number of hydrogen-bond acceptors (Lipinski definition) is 4. The lowest BCUT2D eigenvalue weighted by molar-refractivity contribution is 0.0741. The Kier molecular flexibility index (Phi) is 7.33. The third-order valence-electron chi connectivity index (χ3n) is 5.81. The standard InChI is InChI=1S/C28H27ClN2O3/c1-19-8-13-25-21(16-19)17-22(27(29)30-25)18-31(15-14-20-9-11-23(33-2)12-10-20)28(32)24-6-4-5-7-26(24)34-3/h4-13,16-17H,14-15,18H2,1-3H3. The first kappa shape index (κ1) is 23.6. The number of para-hydroxylation sites is 1. The molecule has 0 N–H and O–H groups in total. The number of benzene rings is 3. The van der Waals surface area contributed by atoms with Crippen LogP contribution in [0.3, 0.4) is 0 Å². The van der Waals surface area contributed by atoms with Crippen molar-refractivity contribution in [3.63, 3.8) is 0 Å². The molecule has 174 valence electrons. The van der Waals surface area contributed by atoms with Crippen molar-refractivity contribution in [2.24, 2.45) is 0 Å². The fourth-order valence-electron chi connectivity index (χ4n) is 3.93. The van der Waals surface area contributed by atoms with Crippen molar-refractivity contribution < 1.29 is 14.3 Å².